The van der Waals surface area contributed by atoms with Crippen LogP contribution in [-0.2, 0) is 15.3 Å². The molecule has 1 aromatic heterocycles. The number of aryl methyl sites for hydroxylation is 1. The lowest BCUT2D eigenvalue weighted by molar-refractivity contribution is 0.0944. The zero-order valence-electron chi connectivity index (χ0n) is 12.2. The number of hydrogen-bond acceptors (Lipinski definition) is 5. The lowest BCUT2D eigenvalue weighted by Gasteiger charge is -2.13. The number of hydrogen-bond donors (Lipinski definition) is 1. The van der Waals surface area contributed by atoms with Crippen LogP contribution in [0.1, 0.15) is 47.6 Å². The van der Waals surface area contributed by atoms with Crippen LogP contribution in [0.4, 0.5) is 0 Å². The van der Waals surface area contributed by atoms with E-state index in [1.54, 1.807) is 0 Å². The Morgan fingerprint density at radius 1 is 1.40 bits per heavy atom. The van der Waals surface area contributed by atoms with Crippen LogP contribution in [0.15, 0.2) is 0 Å². The molecule has 1 aliphatic rings. The maximum atomic E-state index is 12.2. The summed E-state index contributed by atoms with van der Waals surface area (Å²) < 4.78 is 22.8. The van der Waals surface area contributed by atoms with E-state index in [1.165, 1.54) is 11.3 Å². The molecular formula is C13H20N2O3S2. The van der Waals surface area contributed by atoms with Crippen molar-refractivity contribution >= 4 is 27.1 Å². The van der Waals surface area contributed by atoms with Gasteiger partial charge in [-0.15, -0.1) is 11.3 Å². The number of carbonyl (C=O) groups is 1. The van der Waals surface area contributed by atoms with E-state index in [2.05, 4.69) is 31.1 Å². The van der Waals surface area contributed by atoms with Crippen molar-refractivity contribution in [3.05, 3.63) is 15.6 Å². The molecule has 0 aliphatic carbocycles. The van der Waals surface area contributed by atoms with Gasteiger partial charge in [-0.2, -0.15) is 0 Å². The molecule has 2 rings (SSSR count). The van der Waals surface area contributed by atoms with Crippen molar-refractivity contribution in [3.63, 3.8) is 0 Å². The maximum Gasteiger partial charge on any atom is 0.263 e. The molecule has 1 aromatic rings. The minimum absolute atomic E-state index is 0.0444. The van der Waals surface area contributed by atoms with E-state index in [0.717, 1.165) is 5.01 Å². The van der Waals surface area contributed by atoms with Crippen LogP contribution >= 0.6 is 11.3 Å². The molecular weight excluding hydrogens is 296 g/mol. The second-order valence-electron chi connectivity index (χ2n) is 6.26. The Morgan fingerprint density at radius 3 is 2.50 bits per heavy atom. The molecule has 1 saturated heterocycles. The quantitative estimate of drug-likeness (QED) is 0.900. The fraction of sp³-hybridized carbons (Fsp3) is 0.692. The minimum Gasteiger partial charge on any atom is -0.347 e. The summed E-state index contributed by atoms with van der Waals surface area (Å²) in [4.78, 5) is 17.3. The number of thiazole rings is 1. The van der Waals surface area contributed by atoms with E-state index in [4.69, 9.17) is 0 Å². The molecule has 1 amide bonds. The van der Waals surface area contributed by atoms with Crippen molar-refractivity contribution in [3.8, 4) is 0 Å². The number of carbonyl (C=O) groups excluding carboxylic acids is 1. The summed E-state index contributed by atoms with van der Waals surface area (Å²) in [5.41, 5.74) is 0.614. The smallest absolute Gasteiger partial charge is 0.263 e. The van der Waals surface area contributed by atoms with Gasteiger partial charge in [-0.05, 0) is 13.3 Å². The first kappa shape index (κ1) is 15.4. The van der Waals surface area contributed by atoms with Gasteiger partial charge in [0.25, 0.3) is 5.91 Å². The Kier molecular flexibility index (Phi) is 3.94. The molecule has 1 aliphatic heterocycles. The lowest BCUT2D eigenvalue weighted by atomic mass is 9.98. The number of nitrogens with one attached hydrogen (secondary N) is 1. The average Bonchev–Trinajstić information content (AvgIpc) is 2.81. The molecule has 2 heterocycles. The Balaban J connectivity index is 2.12. The first-order valence-electron chi connectivity index (χ1n) is 6.58. The monoisotopic (exact) mass is 316 g/mol. The third-order valence-electron chi connectivity index (χ3n) is 3.21. The molecule has 0 aromatic carbocycles. The Morgan fingerprint density at radius 2 is 2.05 bits per heavy atom. The number of aromatic nitrogens is 1. The number of nitrogens with zero attached hydrogens (tertiary/aromatic N) is 1. The Hall–Kier alpha value is -0.950. The fourth-order valence-corrected chi connectivity index (χ4v) is 4.79. The molecule has 112 valence electrons. The summed E-state index contributed by atoms with van der Waals surface area (Å²) >= 11 is 1.39. The van der Waals surface area contributed by atoms with Gasteiger partial charge in [-0.3, -0.25) is 4.79 Å². The predicted octanol–water partition coefficient (Wildman–Crippen LogP) is 1.67. The van der Waals surface area contributed by atoms with Gasteiger partial charge < -0.3 is 5.32 Å². The third kappa shape index (κ3) is 3.38. The van der Waals surface area contributed by atoms with Crippen molar-refractivity contribution in [2.24, 2.45) is 0 Å². The van der Waals surface area contributed by atoms with E-state index >= 15 is 0 Å². The molecule has 0 spiro atoms. The predicted molar refractivity (Wildman–Crippen MR) is 80.1 cm³/mol. The van der Waals surface area contributed by atoms with Crippen LogP contribution in [0, 0.1) is 6.92 Å². The Bertz CT molecular complexity index is 627. The van der Waals surface area contributed by atoms with Crippen LogP contribution in [0.5, 0.6) is 0 Å². The largest absolute Gasteiger partial charge is 0.347 e. The van der Waals surface area contributed by atoms with Crippen molar-refractivity contribution in [2.45, 2.75) is 45.6 Å². The van der Waals surface area contributed by atoms with Gasteiger partial charge in [-0.25, -0.2) is 13.4 Å². The van der Waals surface area contributed by atoms with Gasteiger partial charge >= 0.3 is 0 Å². The summed E-state index contributed by atoms with van der Waals surface area (Å²) in [5, 5.41) is 3.72. The van der Waals surface area contributed by atoms with Crippen LogP contribution in [-0.4, -0.2) is 36.9 Å². The highest BCUT2D eigenvalue weighted by Gasteiger charge is 2.30. The molecule has 1 unspecified atom stereocenters. The van der Waals surface area contributed by atoms with E-state index < -0.39 is 9.84 Å². The third-order valence-corrected chi connectivity index (χ3v) is 6.56. The Labute approximate surface area is 123 Å². The first-order valence-corrected chi connectivity index (χ1v) is 9.21. The topological polar surface area (TPSA) is 76.1 Å². The van der Waals surface area contributed by atoms with Gasteiger partial charge in [0.15, 0.2) is 9.84 Å². The van der Waals surface area contributed by atoms with E-state index in [9.17, 15) is 13.2 Å². The van der Waals surface area contributed by atoms with Gasteiger partial charge in [0.05, 0.1) is 22.2 Å². The van der Waals surface area contributed by atoms with Crippen LogP contribution in [0.25, 0.3) is 0 Å². The van der Waals surface area contributed by atoms with Crippen molar-refractivity contribution < 1.29 is 13.2 Å². The molecule has 1 fully saturated rings. The molecule has 0 saturated carbocycles. The van der Waals surface area contributed by atoms with Gasteiger partial charge in [0.2, 0.25) is 0 Å². The lowest BCUT2D eigenvalue weighted by Crippen LogP contribution is -2.35. The highest BCUT2D eigenvalue weighted by molar-refractivity contribution is 7.91. The maximum absolute atomic E-state index is 12.2. The number of sulfone groups is 1. The zero-order chi connectivity index (χ0) is 15.1. The zero-order valence-corrected chi connectivity index (χ0v) is 13.8. The summed E-state index contributed by atoms with van der Waals surface area (Å²) in [6, 6.07) is -0.271. The second-order valence-corrected chi connectivity index (χ2v) is 9.48. The van der Waals surface area contributed by atoms with Crippen LogP contribution < -0.4 is 5.32 Å². The molecule has 1 atom stereocenters. The van der Waals surface area contributed by atoms with Crippen molar-refractivity contribution in [2.75, 3.05) is 11.5 Å². The number of rotatable bonds is 2. The van der Waals surface area contributed by atoms with Crippen molar-refractivity contribution in [1.82, 2.24) is 10.3 Å². The molecule has 7 heteroatoms. The van der Waals surface area contributed by atoms with Crippen molar-refractivity contribution in [1.29, 1.82) is 0 Å². The minimum atomic E-state index is -2.98. The first-order chi connectivity index (χ1) is 9.08. The molecule has 1 N–H and O–H groups in total. The highest BCUT2D eigenvalue weighted by Crippen LogP contribution is 2.29. The normalized spacial score (nSPS) is 21.9. The summed E-state index contributed by atoms with van der Waals surface area (Å²) in [6.07, 6.45) is 0.498. The van der Waals surface area contributed by atoms with E-state index in [0.29, 0.717) is 17.0 Å². The molecule has 5 nitrogen and oxygen atoms in total. The SMILES string of the molecule is Cc1nc(C(C)(C)C)sc1C(=O)NC1CCS(=O)(=O)C1. The van der Waals surface area contributed by atoms with Gasteiger partial charge in [-0.1, -0.05) is 20.8 Å². The van der Waals surface area contributed by atoms with Crippen LogP contribution in [0.2, 0.25) is 0 Å². The highest BCUT2D eigenvalue weighted by atomic mass is 32.2. The summed E-state index contributed by atoms with van der Waals surface area (Å²) in [7, 11) is -2.98. The molecule has 0 radical (unpaired) electrons. The summed E-state index contributed by atoms with van der Waals surface area (Å²) in [5.74, 6) is -0.00661. The second kappa shape index (κ2) is 5.11. The number of amides is 1. The molecule has 0 bridgehead atoms. The average molecular weight is 316 g/mol. The fourth-order valence-electron chi connectivity index (χ4n) is 2.09. The van der Waals surface area contributed by atoms with E-state index in [1.807, 2.05) is 6.92 Å². The van der Waals surface area contributed by atoms with Gasteiger partial charge in [0.1, 0.15) is 4.88 Å². The van der Waals surface area contributed by atoms with E-state index in [-0.39, 0.29) is 28.9 Å². The molecule has 20 heavy (non-hydrogen) atoms. The summed E-state index contributed by atoms with van der Waals surface area (Å²) in [6.45, 7) is 7.97. The van der Waals surface area contributed by atoms with Gasteiger partial charge in [0, 0.05) is 11.5 Å². The standard InChI is InChI=1S/C13H20N2O3S2/c1-8-10(19-12(14-8)13(2,3)4)11(16)15-9-5-6-20(17,18)7-9/h9H,5-7H2,1-4H3,(H,15,16). The van der Waals surface area contributed by atoms with Crippen LogP contribution in [0.3, 0.4) is 0 Å².